The summed E-state index contributed by atoms with van der Waals surface area (Å²) in [5.41, 5.74) is 2.03. The summed E-state index contributed by atoms with van der Waals surface area (Å²) in [6, 6.07) is 6.56. The van der Waals surface area contributed by atoms with E-state index in [1.807, 2.05) is 11.8 Å². The van der Waals surface area contributed by atoms with Crippen molar-refractivity contribution in [1.29, 1.82) is 0 Å². The largest absolute Gasteiger partial charge is 0.331 e. The quantitative estimate of drug-likeness (QED) is 0.835. The van der Waals surface area contributed by atoms with Crippen molar-refractivity contribution in [3.05, 3.63) is 46.2 Å². The number of fused-ring (bicyclic) bond motifs is 1. The van der Waals surface area contributed by atoms with Crippen molar-refractivity contribution in [3.63, 3.8) is 0 Å². The van der Waals surface area contributed by atoms with E-state index in [1.54, 1.807) is 12.1 Å². The minimum atomic E-state index is -0.242. The van der Waals surface area contributed by atoms with Crippen molar-refractivity contribution < 1.29 is 9.18 Å². The molecule has 120 valence electrons. The Hall–Kier alpha value is -1.82. The first kappa shape index (κ1) is 14.8. The molecule has 4 rings (SSSR count). The molecule has 3 aliphatic heterocycles. The maximum Gasteiger partial charge on any atom is 0.263 e. The average Bonchev–Trinajstić information content (AvgIpc) is 3.25. The Labute approximate surface area is 139 Å². The fraction of sp³-hybridized carbons (Fsp3) is 0.412. The van der Waals surface area contributed by atoms with E-state index in [4.69, 9.17) is 0 Å². The van der Waals surface area contributed by atoms with Crippen LogP contribution in [-0.4, -0.2) is 40.5 Å². The molecule has 0 radical (unpaired) electrons. The van der Waals surface area contributed by atoms with Gasteiger partial charge in [0.15, 0.2) is 5.17 Å². The number of likely N-dealkylation sites (tertiary alicyclic amines) is 1. The van der Waals surface area contributed by atoms with Crippen LogP contribution >= 0.6 is 11.8 Å². The molecule has 1 fully saturated rings. The van der Waals surface area contributed by atoms with Crippen LogP contribution in [0.15, 0.2) is 39.9 Å². The van der Waals surface area contributed by atoms with Crippen molar-refractivity contribution in [2.75, 3.05) is 19.6 Å². The number of allylic oxidation sites excluding steroid dienone is 1. The van der Waals surface area contributed by atoms with Crippen LogP contribution in [0.2, 0.25) is 0 Å². The van der Waals surface area contributed by atoms with Gasteiger partial charge in [-0.3, -0.25) is 9.79 Å². The molecule has 1 aromatic rings. The summed E-state index contributed by atoms with van der Waals surface area (Å²) in [4.78, 5) is 22.3. The lowest BCUT2D eigenvalue weighted by atomic mass is 10.0. The number of carbonyl (C=O) groups is 1. The van der Waals surface area contributed by atoms with Crippen molar-refractivity contribution >= 4 is 22.8 Å². The summed E-state index contributed by atoms with van der Waals surface area (Å²) < 4.78 is 13.1. The van der Waals surface area contributed by atoms with Gasteiger partial charge in [-0.2, -0.15) is 0 Å². The second-order valence-corrected chi connectivity index (χ2v) is 7.02. The highest BCUT2D eigenvalue weighted by atomic mass is 32.2. The Morgan fingerprint density at radius 2 is 2.09 bits per heavy atom. The lowest BCUT2D eigenvalue weighted by Gasteiger charge is -2.25. The number of amidine groups is 1. The van der Waals surface area contributed by atoms with Crippen LogP contribution in [0.5, 0.6) is 0 Å². The van der Waals surface area contributed by atoms with Gasteiger partial charge in [0.05, 0.1) is 17.5 Å². The normalized spacial score (nSPS) is 23.6. The van der Waals surface area contributed by atoms with Gasteiger partial charge < -0.3 is 9.80 Å². The number of nitrogens with zero attached hydrogens (tertiary/aromatic N) is 3. The molecule has 0 saturated carbocycles. The predicted molar refractivity (Wildman–Crippen MR) is 89.4 cm³/mol. The van der Waals surface area contributed by atoms with Crippen molar-refractivity contribution in [2.24, 2.45) is 4.99 Å². The fourth-order valence-electron chi connectivity index (χ4n) is 3.48. The van der Waals surface area contributed by atoms with Crippen molar-refractivity contribution in [2.45, 2.75) is 25.8 Å². The summed E-state index contributed by atoms with van der Waals surface area (Å²) in [5.74, 6) is -0.162. The summed E-state index contributed by atoms with van der Waals surface area (Å²) in [7, 11) is 0. The summed E-state index contributed by atoms with van der Waals surface area (Å²) >= 11 is 1.49. The number of carbonyl (C=O) groups excluding carboxylic acids is 1. The molecule has 1 amide bonds. The van der Waals surface area contributed by atoms with Gasteiger partial charge in [-0.05, 0) is 49.2 Å². The average molecular weight is 331 g/mol. The summed E-state index contributed by atoms with van der Waals surface area (Å²) in [6.45, 7) is 4.43. The van der Waals surface area contributed by atoms with Crippen molar-refractivity contribution in [3.8, 4) is 0 Å². The van der Waals surface area contributed by atoms with E-state index < -0.39 is 0 Å². The monoisotopic (exact) mass is 331 g/mol. The van der Waals surface area contributed by atoms with Crippen LogP contribution in [-0.2, 0) is 4.79 Å². The Kier molecular flexibility index (Phi) is 3.64. The predicted octanol–water partition coefficient (Wildman–Crippen LogP) is 3.14. The topological polar surface area (TPSA) is 35.9 Å². The van der Waals surface area contributed by atoms with E-state index in [9.17, 15) is 9.18 Å². The number of thioether (sulfide) groups is 1. The van der Waals surface area contributed by atoms with Crippen LogP contribution in [0.1, 0.15) is 31.4 Å². The molecule has 6 heteroatoms. The van der Waals surface area contributed by atoms with Gasteiger partial charge in [0.25, 0.3) is 5.91 Å². The number of amides is 1. The first-order valence-corrected chi connectivity index (χ1v) is 8.74. The van der Waals surface area contributed by atoms with Crippen LogP contribution in [0.3, 0.4) is 0 Å². The summed E-state index contributed by atoms with van der Waals surface area (Å²) in [6.07, 6.45) is 1.91. The molecule has 4 nitrogen and oxygen atoms in total. The molecular weight excluding hydrogens is 313 g/mol. The standard InChI is InChI=1S/C17H18FN3OS/c1-11-15(23-17-19-8-10-20(11)17)16(22)21-9-2-3-14(21)12-4-6-13(18)7-5-12/h4-7,14H,2-3,8-10H2,1H3/t14-/m1/s1. The van der Waals surface area contributed by atoms with Crippen LogP contribution in [0.4, 0.5) is 4.39 Å². The first-order chi connectivity index (χ1) is 11.1. The molecular formula is C17H18FN3OS. The lowest BCUT2D eigenvalue weighted by molar-refractivity contribution is -0.127. The SMILES string of the molecule is CC1=C(C(=O)N2CCC[C@@H]2c2ccc(F)cc2)SC2=NCCN21. The van der Waals surface area contributed by atoms with Crippen LogP contribution in [0, 0.1) is 5.82 Å². The molecule has 1 atom stereocenters. The number of hydrogen-bond donors (Lipinski definition) is 0. The zero-order valence-corrected chi connectivity index (χ0v) is 13.8. The van der Waals surface area contributed by atoms with Crippen LogP contribution < -0.4 is 0 Å². The van der Waals surface area contributed by atoms with Gasteiger partial charge in [0, 0.05) is 18.8 Å². The Balaban J connectivity index is 1.59. The van der Waals surface area contributed by atoms with E-state index in [0.717, 1.165) is 53.8 Å². The second kappa shape index (κ2) is 5.67. The van der Waals surface area contributed by atoms with Gasteiger partial charge in [0.1, 0.15) is 5.82 Å². The molecule has 23 heavy (non-hydrogen) atoms. The smallest absolute Gasteiger partial charge is 0.263 e. The molecule has 1 aromatic carbocycles. The summed E-state index contributed by atoms with van der Waals surface area (Å²) in [5, 5.41) is 0.948. The zero-order valence-electron chi connectivity index (χ0n) is 13.0. The lowest BCUT2D eigenvalue weighted by Crippen LogP contribution is -2.31. The van der Waals surface area contributed by atoms with E-state index >= 15 is 0 Å². The molecule has 0 N–H and O–H groups in total. The maximum absolute atomic E-state index is 13.1. The minimum absolute atomic E-state index is 0.0429. The number of aliphatic imine (C=N–C) groups is 1. The van der Waals surface area contributed by atoms with Gasteiger partial charge >= 0.3 is 0 Å². The third kappa shape index (κ3) is 2.45. The van der Waals surface area contributed by atoms with E-state index in [0.29, 0.717) is 0 Å². The molecule has 0 unspecified atom stereocenters. The highest BCUT2D eigenvalue weighted by Gasteiger charge is 2.38. The molecule has 0 aliphatic carbocycles. The molecule has 1 saturated heterocycles. The third-order valence-corrected chi connectivity index (χ3v) is 5.90. The van der Waals surface area contributed by atoms with Gasteiger partial charge in [-0.1, -0.05) is 12.1 Å². The fourth-order valence-corrected chi connectivity index (χ4v) is 4.62. The Bertz CT molecular complexity index is 713. The van der Waals surface area contributed by atoms with E-state index in [-0.39, 0.29) is 17.8 Å². The van der Waals surface area contributed by atoms with E-state index in [1.165, 1.54) is 23.9 Å². The molecule has 0 bridgehead atoms. The Morgan fingerprint density at radius 3 is 2.83 bits per heavy atom. The minimum Gasteiger partial charge on any atom is -0.331 e. The zero-order chi connectivity index (χ0) is 16.0. The van der Waals surface area contributed by atoms with Gasteiger partial charge in [0.2, 0.25) is 0 Å². The van der Waals surface area contributed by atoms with Gasteiger partial charge in [-0.15, -0.1) is 0 Å². The Morgan fingerprint density at radius 1 is 1.30 bits per heavy atom. The highest BCUT2D eigenvalue weighted by Crippen LogP contribution is 2.40. The molecule has 0 spiro atoms. The molecule has 0 aromatic heterocycles. The number of rotatable bonds is 2. The highest BCUT2D eigenvalue weighted by molar-refractivity contribution is 8.18. The number of benzene rings is 1. The van der Waals surface area contributed by atoms with Crippen LogP contribution in [0.25, 0.3) is 0 Å². The molecule has 3 heterocycles. The second-order valence-electron chi connectivity index (χ2n) is 6.04. The van der Waals surface area contributed by atoms with E-state index in [2.05, 4.69) is 9.89 Å². The third-order valence-electron chi connectivity index (χ3n) is 4.69. The first-order valence-electron chi connectivity index (χ1n) is 7.92. The van der Waals surface area contributed by atoms with Gasteiger partial charge in [-0.25, -0.2) is 4.39 Å². The van der Waals surface area contributed by atoms with Crippen molar-refractivity contribution in [1.82, 2.24) is 9.80 Å². The maximum atomic E-state index is 13.1. The number of hydrogen-bond acceptors (Lipinski definition) is 4. The molecule has 3 aliphatic rings. The number of halogens is 1.